The van der Waals surface area contributed by atoms with Gasteiger partial charge in [0.2, 0.25) is 0 Å². The van der Waals surface area contributed by atoms with Gasteiger partial charge in [-0.3, -0.25) is 0 Å². The molecule has 2 rings (SSSR count). The number of nitrogens with two attached hydrogens (primary N) is 1. The van der Waals surface area contributed by atoms with Crippen molar-refractivity contribution in [2.75, 3.05) is 22.6 Å². The molecule has 4 nitrogen and oxygen atoms in total. The Balaban J connectivity index is 2.08. The number of hydrogen-bond donors (Lipinski definition) is 2. The molecule has 5 heteroatoms. The minimum atomic E-state index is -2.83. The van der Waals surface area contributed by atoms with Crippen molar-refractivity contribution in [3.8, 4) is 0 Å². The number of rotatable bonds is 2. The average Bonchev–Trinajstić information content (AvgIpc) is 2.50. The second-order valence-corrected chi connectivity index (χ2v) is 6.06. The summed E-state index contributed by atoms with van der Waals surface area (Å²) in [7, 11) is -2.83. The fraction of sp³-hybridized carbons (Fsp3) is 0.400. The smallest absolute Gasteiger partial charge is 0.152 e. The molecular weight excluding hydrogens is 212 g/mol. The van der Waals surface area contributed by atoms with Crippen molar-refractivity contribution in [2.24, 2.45) is 0 Å². The van der Waals surface area contributed by atoms with Crippen LogP contribution in [0.1, 0.15) is 6.42 Å². The monoisotopic (exact) mass is 226 g/mol. The highest BCUT2D eigenvalue weighted by Gasteiger charge is 2.27. The van der Waals surface area contributed by atoms with Gasteiger partial charge in [-0.15, -0.1) is 0 Å². The van der Waals surface area contributed by atoms with Crippen molar-refractivity contribution in [3.63, 3.8) is 0 Å². The molecule has 15 heavy (non-hydrogen) atoms. The molecule has 1 atom stereocenters. The predicted octanol–water partition coefficient (Wildman–Crippen LogP) is 0.868. The molecule has 1 saturated heterocycles. The minimum absolute atomic E-state index is 0.000278. The van der Waals surface area contributed by atoms with Gasteiger partial charge in [-0.2, -0.15) is 0 Å². The summed E-state index contributed by atoms with van der Waals surface area (Å²) < 4.78 is 22.5. The van der Waals surface area contributed by atoms with Crippen LogP contribution < -0.4 is 11.1 Å². The number of anilines is 2. The van der Waals surface area contributed by atoms with Gasteiger partial charge >= 0.3 is 0 Å². The molecule has 1 heterocycles. The summed E-state index contributed by atoms with van der Waals surface area (Å²) >= 11 is 0. The molecule has 1 aliphatic heterocycles. The Hall–Kier alpha value is -1.23. The Kier molecular flexibility index (Phi) is 2.56. The molecule has 0 radical (unpaired) electrons. The lowest BCUT2D eigenvalue weighted by atomic mass is 10.2. The highest BCUT2D eigenvalue weighted by molar-refractivity contribution is 7.91. The third-order valence-electron chi connectivity index (χ3n) is 2.55. The molecule has 1 aliphatic rings. The molecule has 3 N–H and O–H groups in total. The quantitative estimate of drug-likeness (QED) is 0.734. The fourth-order valence-electron chi connectivity index (χ4n) is 1.76. The van der Waals surface area contributed by atoms with E-state index in [2.05, 4.69) is 5.32 Å². The van der Waals surface area contributed by atoms with Crippen LogP contribution >= 0.6 is 0 Å². The average molecular weight is 226 g/mol. The maximum atomic E-state index is 11.2. The number of benzene rings is 1. The van der Waals surface area contributed by atoms with Gasteiger partial charge in [0, 0.05) is 6.04 Å². The van der Waals surface area contributed by atoms with E-state index < -0.39 is 9.84 Å². The van der Waals surface area contributed by atoms with E-state index in [0.29, 0.717) is 12.1 Å². The van der Waals surface area contributed by atoms with Crippen LogP contribution in [-0.4, -0.2) is 26.0 Å². The number of para-hydroxylation sites is 2. The molecule has 1 aromatic rings. The molecule has 0 amide bonds. The van der Waals surface area contributed by atoms with E-state index in [-0.39, 0.29) is 17.5 Å². The number of hydrogen-bond acceptors (Lipinski definition) is 4. The summed E-state index contributed by atoms with van der Waals surface area (Å²) in [4.78, 5) is 0. The van der Waals surface area contributed by atoms with E-state index in [0.717, 1.165) is 5.69 Å². The lowest BCUT2D eigenvalue weighted by Crippen LogP contribution is -2.21. The van der Waals surface area contributed by atoms with Gasteiger partial charge in [0.15, 0.2) is 9.84 Å². The number of nitrogen functional groups attached to an aromatic ring is 1. The molecule has 1 aromatic carbocycles. The van der Waals surface area contributed by atoms with E-state index >= 15 is 0 Å². The van der Waals surface area contributed by atoms with Crippen molar-refractivity contribution in [2.45, 2.75) is 12.5 Å². The molecular formula is C10H14N2O2S. The minimum Gasteiger partial charge on any atom is -0.397 e. The summed E-state index contributed by atoms with van der Waals surface area (Å²) in [5.41, 5.74) is 7.23. The SMILES string of the molecule is Nc1ccccc1NC1CCS(=O)(=O)C1. The van der Waals surface area contributed by atoms with Crippen LogP contribution in [0.25, 0.3) is 0 Å². The highest BCUT2D eigenvalue weighted by atomic mass is 32.2. The van der Waals surface area contributed by atoms with Crippen LogP contribution in [0.2, 0.25) is 0 Å². The summed E-state index contributed by atoms with van der Waals surface area (Å²) in [5.74, 6) is 0.485. The molecule has 1 fully saturated rings. The maximum absolute atomic E-state index is 11.2. The zero-order valence-corrected chi connectivity index (χ0v) is 9.13. The van der Waals surface area contributed by atoms with Gasteiger partial charge in [-0.05, 0) is 18.6 Å². The second kappa shape index (κ2) is 3.73. The molecule has 0 aromatic heterocycles. The molecule has 0 spiro atoms. The third kappa shape index (κ3) is 2.41. The van der Waals surface area contributed by atoms with Crippen LogP contribution in [-0.2, 0) is 9.84 Å². The topological polar surface area (TPSA) is 72.2 Å². The van der Waals surface area contributed by atoms with Gasteiger partial charge in [-0.25, -0.2) is 8.42 Å². The summed E-state index contributed by atoms with van der Waals surface area (Å²) in [6.07, 6.45) is 0.663. The van der Waals surface area contributed by atoms with Gasteiger partial charge in [0.25, 0.3) is 0 Å². The third-order valence-corrected chi connectivity index (χ3v) is 4.32. The Bertz CT molecular complexity index is 456. The predicted molar refractivity (Wildman–Crippen MR) is 61.5 cm³/mol. The van der Waals surface area contributed by atoms with E-state index in [1.807, 2.05) is 18.2 Å². The van der Waals surface area contributed by atoms with E-state index in [1.165, 1.54) is 0 Å². The number of sulfone groups is 1. The molecule has 0 saturated carbocycles. The zero-order valence-electron chi connectivity index (χ0n) is 8.31. The van der Waals surface area contributed by atoms with Crippen molar-refractivity contribution in [1.29, 1.82) is 0 Å². The molecule has 0 aliphatic carbocycles. The van der Waals surface area contributed by atoms with Crippen molar-refractivity contribution < 1.29 is 8.42 Å². The number of nitrogens with one attached hydrogen (secondary N) is 1. The van der Waals surface area contributed by atoms with Crippen molar-refractivity contribution in [3.05, 3.63) is 24.3 Å². The zero-order chi connectivity index (χ0) is 10.9. The highest BCUT2D eigenvalue weighted by Crippen LogP contribution is 2.21. The standard InChI is InChI=1S/C10H14N2O2S/c11-9-3-1-2-4-10(9)12-8-5-6-15(13,14)7-8/h1-4,8,12H,5-7,11H2. The Morgan fingerprint density at radius 3 is 2.67 bits per heavy atom. The lowest BCUT2D eigenvalue weighted by Gasteiger charge is -2.13. The van der Waals surface area contributed by atoms with Gasteiger partial charge < -0.3 is 11.1 Å². The normalized spacial score (nSPS) is 23.9. The van der Waals surface area contributed by atoms with E-state index in [4.69, 9.17) is 5.73 Å². The Morgan fingerprint density at radius 2 is 2.07 bits per heavy atom. The largest absolute Gasteiger partial charge is 0.397 e. The Morgan fingerprint density at radius 1 is 1.33 bits per heavy atom. The van der Waals surface area contributed by atoms with Crippen molar-refractivity contribution >= 4 is 21.2 Å². The van der Waals surface area contributed by atoms with Crippen LogP contribution in [0.4, 0.5) is 11.4 Å². The Labute approximate surface area is 89.4 Å². The van der Waals surface area contributed by atoms with E-state index in [1.54, 1.807) is 6.07 Å². The molecule has 0 bridgehead atoms. The van der Waals surface area contributed by atoms with Crippen LogP contribution in [0.15, 0.2) is 24.3 Å². The van der Waals surface area contributed by atoms with Crippen LogP contribution in [0.3, 0.4) is 0 Å². The summed E-state index contributed by atoms with van der Waals surface area (Å²) in [6, 6.07) is 7.39. The first-order chi connectivity index (χ1) is 7.07. The first-order valence-corrected chi connectivity index (χ1v) is 6.70. The molecule has 82 valence electrons. The summed E-state index contributed by atoms with van der Waals surface area (Å²) in [5, 5.41) is 3.16. The van der Waals surface area contributed by atoms with Crippen LogP contribution in [0, 0.1) is 0 Å². The van der Waals surface area contributed by atoms with Gasteiger partial charge in [0.05, 0.1) is 22.9 Å². The first-order valence-electron chi connectivity index (χ1n) is 4.88. The van der Waals surface area contributed by atoms with E-state index in [9.17, 15) is 8.42 Å². The summed E-state index contributed by atoms with van der Waals surface area (Å²) in [6.45, 7) is 0. The van der Waals surface area contributed by atoms with Gasteiger partial charge in [0.1, 0.15) is 0 Å². The first kappa shape index (κ1) is 10.3. The van der Waals surface area contributed by atoms with Crippen molar-refractivity contribution in [1.82, 2.24) is 0 Å². The fourth-order valence-corrected chi connectivity index (χ4v) is 3.43. The molecule has 1 unspecified atom stereocenters. The second-order valence-electron chi connectivity index (χ2n) is 3.83. The maximum Gasteiger partial charge on any atom is 0.152 e. The lowest BCUT2D eigenvalue weighted by molar-refractivity contribution is 0.602. The van der Waals surface area contributed by atoms with Gasteiger partial charge in [-0.1, -0.05) is 12.1 Å². The van der Waals surface area contributed by atoms with Crippen LogP contribution in [0.5, 0.6) is 0 Å².